The summed E-state index contributed by atoms with van der Waals surface area (Å²) in [6.45, 7) is 2.27. The first-order chi connectivity index (χ1) is 9.77. The molecular formula is C17H32O2S. The van der Waals surface area contributed by atoms with E-state index in [-0.39, 0.29) is 5.97 Å². The molecule has 1 saturated heterocycles. The molecule has 0 aromatic rings. The fourth-order valence-electron chi connectivity index (χ4n) is 2.72. The Balaban J connectivity index is 1.80. The summed E-state index contributed by atoms with van der Waals surface area (Å²) in [5.41, 5.74) is 0. The van der Waals surface area contributed by atoms with Crippen LogP contribution in [0.25, 0.3) is 0 Å². The van der Waals surface area contributed by atoms with Crippen LogP contribution in [0, 0.1) is 0 Å². The number of methoxy groups -OCH3 is 1. The molecule has 20 heavy (non-hydrogen) atoms. The lowest BCUT2D eigenvalue weighted by atomic mass is 10.0. The van der Waals surface area contributed by atoms with E-state index in [2.05, 4.69) is 23.4 Å². The summed E-state index contributed by atoms with van der Waals surface area (Å²) in [6.07, 6.45) is 15.5. The highest BCUT2D eigenvalue weighted by Crippen LogP contribution is 2.47. The summed E-state index contributed by atoms with van der Waals surface area (Å²) in [4.78, 5) is 11.0. The van der Waals surface area contributed by atoms with Gasteiger partial charge in [0.25, 0.3) is 0 Å². The van der Waals surface area contributed by atoms with E-state index in [0.717, 1.165) is 16.9 Å². The maximum absolute atomic E-state index is 11.0. The molecule has 0 saturated carbocycles. The lowest BCUT2D eigenvalue weighted by molar-refractivity contribution is -0.140. The summed E-state index contributed by atoms with van der Waals surface area (Å²) in [7, 11) is 1.47. The number of carbonyl (C=O) groups is 1. The van der Waals surface area contributed by atoms with Crippen LogP contribution in [0.2, 0.25) is 0 Å². The molecule has 0 amide bonds. The van der Waals surface area contributed by atoms with E-state index < -0.39 is 0 Å². The first-order valence-corrected chi connectivity index (χ1v) is 9.44. The van der Waals surface area contributed by atoms with Gasteiger partial charge < -0.3 is 4.74 Å². The summed E-state index contributed by atoms with van der Waals surface area (Å²) in [5, 5.41) is 1.73. The van der Waals surface area contributed by atoms with Crippen LogP contribution in [0.4, 0.5) is 0 Å². The molecule has 2 nitrogen and oxygen atoms in total. The molecule has 118 valence electrons. The van der Waals surface area contributed by atoms with Gasteiger partial charge in [-0.1, -0.05) is 58.3 Å². The van der Waals surface area contributed by atoms with Gasteiger partial charge >= 0.3 is 5.97 Å². The van der Waals surface area contributed by atoms with Gasteiger partial charge in [0.05, 0.1) is 7.11 Å². The van der Waals surface area contributed by atoms with E-state index >= 15 is 0 Å². The van der Waals surface area contributed by atoms with E-state index in [0.29, 0.717) is 6.42 Å². The van der Waals surface area contributed by atoms with Crippen molar-refractivity contribution >= 4 is 17.7 Å². The van der Waals surface area contributed by atoms with Crippen LogP contribution in [-0.2, 0) is 9.53 Å². The quantitative estimate of drug-likeness (QED) is 0.261. The number of rotatable bonds is 13. The number of hydrogen-bond donors (Lipinski definition) is 0. The number of ether oxygens (including phenoxy) is 1. The van der Waals surface area contributed by atoms with Gasteiger partial charge in [-0.15, -0.1) is 0 Å². The van der Waals surface area contributed by atoms with E-state index in [1.54, 1.807) is 0 Å². The van der Waals surface area contributed by atoms with Gasteiger partial charge in [0.1, 0.15) is 0 Å². The Morgan fingerprint density at radius 2 is 1.45 bits per heavy atom. The highest BCUT2D eigenvalue weighted by atomic mass is 32.2. The highest BCUT2D eigenvalue weighted by molar-refractivity contribution is 8.07. The van der Waals surface area contributed by atoms with Gasteiger partial charge in [0.15, 0.2) is 0 Å². The molecule has 0 radical (unpaired) electrons. The van der Waals surface area contributed by atoms with Gasteiger partial charge in [-0.3, -0.25) is 4.79 Å². The summed E-state index contributed by atoms with van der Waals surface area (Å²) >= 11 is 2.12. The van der Waals surface area contributed by atoms with Crippen molar-refractivity contribution < 1.29 is 9.53 Å². The lowest BCUT2D eigenvalue weighted by Gasteiger charge is -2.01. The maximum Gasteiger partial charge on any atom is 0.305 e. The third-order valence-electron chi connectivity index (χ3n) is 4.13. The zero-order chi connectivity index (χ0) is 14.6. The molecule has 0 aromatic carbocycles. The minimum Gasteiger partial charge on any atom is -0.469 e. The molecule has 0 aromatic heterocycles. The molecule has 1 aliphatic rings. The Kier molecular flexibility index (Phi) is 10.3. The van der Waals surface area contributed by atoms with Gasteiger partial charge in [-0.25, -0.2) is 0 Å². The van der Waals surface area contributed by atoms with Crippen molar-refractivity contribution in [1.82, 2.24) is 0 Å². The normalized spacial score (nSPS) is 20.9. The first kappa shape index (κ1) is 17.9. The first-order valence-electron chi connectivity index (χ1n) is 8.50. The fraction of sp³-hybridized carbons (Fsp3) is 0.941. The van der Waals surface area contributed by atoms with Crippen LogP contribution in [0.3, 0.4) is 0 Å². The van der Waals surface area contributed by atoms with Crippen molar-refractivity contribution in [2.75, 3.05) is 7.11 Å². The molecule has 3 heteroatoms. The molecule has 0 spiro atoms. The van der Waals surface area contributed by atoms with E-state index in [4.69, 9.17) is 0 Å². The van der Waals surface area contributed by atoms with Crippen molar-refractivity contribution in [3.8, 4) is 0 Å². The smallest absolute Gasteiger partial charge is 0.305 e. The third-order valence-corrected chi connectivity index (χ3v) is 5.64. The number of hydrogen-bond acceptors (Lipinski definition) is 3. The highest BCUT2D eigenvalue weighted by Gasteiger charge is 2.36. The van der Waals surface area contributed by atoms with Gasteiger partial charge in [-0.05, 0) is 19.3 Å². The molecule has 2 atom stereocenters. The summed E-state index contributed by atoms with van der Waals surface area (Å²) in [6, 6.07) is 0. The Morgan fingerprint density at radius 3 is 2.05 bits per heavy atom. The second-order valence-corrected chi connectivity index (χ2v) is 7.43. The maximum atomic E-state index is 11.0. The topological polar surface area (TPSA) is 26.3 Å². The average molecular weight is 301 g/mol. The second-order valence-electron chi connectivity index (χ2n) is 5.94. The van der Waals surface area contributed by atoms with Crippen molar-refractivity contribution in [1.29, 1.82) is 0 Å². The van der Waals surface area contributed by atoms with Crippen LogP contribution in [0.15, 0.2) is 0 Å². The molecule has 1 heterocycles. The largest absolute Gasteiger partial charge is 0.469 e. The molecule has 0 N–H and O–H groups in total. The van der Waals surface area contributed by atoms with Crippen molar-refractivity contribution in [2.45, 2.75) is 94.5 Å². The second kappa shape index (κ2) is 11.5. The van der Waals surface area contributed by atoms with Crippen LogP contribution >= 0.6 is 11.8 Å². The van der Waals surface area contributed by atoms with Gasteiger partial charge in [0, 0.05) is 16.9 Å². The van der Waals surface area contributed by atoms with Crippen LogP contribution in [0.1, 0.15) is 84.0 Å². The minimum atomic E-state index is -0.0599. The Labute approximate surface area is 129 Å². The molecule has 0 aliphatic carbocycles. The molecule has 1 rings (SSSR count). The zero-order valence-electron chi connectivity index (χ0n) is 13.4. The Morgan fingerprint density at radius 1 is 0.900 bits per heavy atom. The Hall–Kier alpha value is -0.180. The zero-order valence-corrected chi connectivity index (χ0v) is 14.2. The minimum absolute atomic E-state index is 0.0599. The number of esters is 1. The van der Waals surface area contributed by atoms with Crippen LogP contribution in [0.5, 0.6) is 0 Å². The van der Waals surface area contributed by atoms with Crippen LogP contribution < -0.4 is 0 Å². The predicted octanol–water partition coefficient (Wildman–Crippen LogP) is 5.34. The SMILES string of the molecule is CCCCCCCCCCC1SC1CCCC(=O)OC. The molecular weight excluding hydrogens is 268 g/mol. The summed E-state index contributed by atoms with van der Waals surface area (Å²) < 4.78 is 4.66. The molecule has 1 aliphatic heterocycles. The van der Waals surface area contributed by atoms with E-state index in [1.807, 2.05) is 0 Å². The molecule has 2 unspecified atom stereocenters. The van der Waals surface area contributed by atoms with Crippen molar-refractivity contribution in [3.63, 3.8) is 0 Å². The van der Waals surface area contributed by atoms with Crippen molar-refractivity contribution in [3.05, 3.63) is 0 Å². The van der Waals surface area contributed by atoms with E-state index in [9.17, 15) is 4.79 Å². The summed E-state index contributed by atoms with van der Waals surface area (Å²) in [5.74, 6) is -0.0599. The van der Waals surface area contributed by atoms with E-state index in [1.165, 1.54) is 71.3 Å². The van der Waals surface area contributed by atoms with Crippen molar-refractivity contribution in [2.24, 2.45) is 0 Å². The third kappa shape index (κ3) is 8.89. The molecule has 0 bridgehead atoms. The fourth-order valence-corrected chi connectivity index (χ4v) is 3.95. The lowest BCUT2D eigenvalue weighted by Crippen LogP contribution is -2.01. The molecule has 1 fully saturated rings. The Bertz CT molecular complexity index is 255. The van der Waals surface area contributed by atoms with Crippen LogP contribution in [-0.4, -0.2) is 23.6 Å². The van der Waals surface area contributed by atoms with Gasteiger partial charge in [-0.2, -0.15) is 11.8 Å². The number of thioether (sulfide) groups is 1. The number of unbranched alkanes of at least 4 members (excludes halogenated alkanes) is 7. The number of carbonyl (C=O) groups excluding carboxylic acids is 1. The monoisotopic (exact) mass is 300 g/mol. The standard InChI is InChI=1S/C17H32O2S/c1-3-4-5-6-7-8-9-10-12-15-16(20-15)13-11-14-17(18)19-2/h15-16H,3-14H2,1-2H3. The average Bonchev–Trinajstić information content (AvgIpc) is 3.20. The predicted molar refractivity (Wildman–Crippen MR) is 88.3 cm³/mol. The van der Waals surface area contributed by atoms with Gasteiger partial charge in [0.2, 0.25) is 0 Å².